The van der Waals surface area contributed by atoms with Gasteiger partial charge in [-0.05, 0) is 89.1 Å². The van der Waals surface area contributed by atoms with E-state index in [1.165, 1.54) is 0 Å². The molecule has 2 aliphatic rings. The molecule has 2 atom stereocenters. The molecule has 0 radical (unpaired) electrons. The Morgan fingerprint density at radius 2 is 1.89 bits per heavy atom. The molecule has 0 unspecified atom stereocenters. The number of amides is 1. The lowest BCUT2D eigenvalue weighted by Crippen LogP contribution is -2.47. The lowest BCUT2D eigenvalue weighted by atomic mass is 10.0. The summed E-state index contributed by atoms with van der Waals surface area (Å²) >= 11 is 0. The molecule has 1 aliphatic heterocycles. The zero-order valence-corrected chi connectivity index (χ0v) is 26.4. The Kier molecular flexibility index (Phi) is 8.76. The van der Waals surface area contributed by atoms with Crippen molar-refractivity contribution in [2.45, 2.75) is 71.1 Å². The third kappa shape index (κ3) is 7.45. The van der Waals surface area contributed by atoms with Crippen LogP contribution in [-0.4, -0.2) is 68.4 Å². The first-order valence-corrected chi connectivity index (χ1v) is 15.8. The predicted molar refractivity (Wildman–Crippen MR) is 176 cm³/mol. The van der Waals surface area contributed by atoms with Crippen LogP contribution in [0, 0.1) is 12.8 Å². The summed E-state index contributed by atoms with van der Waals surface area (Å²) in [6, 6.07) is 15.8. The van der Waals surface area contributed by atoms with E-state index < -0.39 is 5.60 Å². The standard InChI is InChI=1S/C35H42N6O4/c1-22-12-15-25-26(9-5-11-28(25)38-20-30(42)23-13-14-23)31(22)44-32-27(10-6-17-36-32)29-16-18-37-33(40-29)39-24-8-7-19-41(21-24)34(43)45-35(2,3)4/h5-6,9-12,15-18,23-24,30,38,42H,7-8,13-14,19-21H2,1-4H3,(H,37,39,40)/t24-,30+/m0/s1. The zero-order chi connectivity index (χ0) is 31.6. The number of pyridine rings is 1. The second-order valence-corrected chi connectivity index (χ2v) is 13.0. The van der Waals surface area contributed by atoms with Crippen molar-refractivity contribution in [2.24, 2.45) is 5.92 Å². The predicted octanol–water partition coefficient (Wildman–Crippen LogP) is 6.79. The van der Waals surface area contributed by atoms with Gasteiger partial charge in [-0.3, -0.25) is 0 Å². The van der Waals surface area contributed by atoms with Gasteiger partial charge in [0.25, 0.3) is 0 Å². The molecule has 6 rings (SSSR count). The van der Waals surface area contributed by atoms with E-state index in [4.69, 9.17) is 14.5 Å². The highest BCUT2D eigenvalue weighted by molar-refractivity contribution is 5.98. The second-order valence-electron chi connectivity index (χ2n) is 13.0. The Bertz CT molecular complexity index is 1670. The molecule has 3 N–H and O–H groups in total. The van der Waals surface area contributed by atoms with Gasteiger partial charge in [0.15, 0.2) is 0 Å². The van der Waals surface area contributed by atoms with Gasteiger partial charge in [-0.15, -0.1) is 0 Å². The van der Waals surface area contributed by atoms with Crippen LogP contribution in [0.5, 0.6) is 11.6 Å². The maximum atomic E-state index is 12.7. The van der Waals surface area contributed by atoms with E-state index in [0.29, 0.717) is 43.1 Å². The molecule has 10 nitrogen and oxygen atoms in total. The summed E-state index contributed by atoms with van der Waals surface area (Å²) in [4.78, 5) is 28.3. The third-order valence-corrected chi connectivity index (χ3v) is 8.18. The normalized spacial score (nSPS) is 17.5. The molecule has 1 saturated heterocycles. The largest absolute Gasteiger partial charge is 0.444 e. The van der Waals surface area contributed by atoms with Crippen LogP contribution in [0.3, 0.4) is 0 Å². The summed E-state index contributed by atoms with van der Waals surface area (Å²) in [7, 11) is 0. The number of likely N-dealkylation sites (tertiary alicyclic amines) is 1. The fourth-order valence-electron chi connectivity index (χ4n) is 5.70. The summed E-state index contributed by atoms with van der Waals surface area (Å²) in [6.07, 6.45) is 6.73. The van der Waals surface area contributed by atoms with E-state index in [9.17, 15) is 9.90 Å². The smallest absolute Gasteiger partial charge is 0.410 e. The highest BCUT2D eigenvalue weighted by atomic mass is 16.6. The Labute approximate surface area is 264 Å². The van der Waals surface area contributed by atoms with Crippen molar-refractivity contribution in [2.75, 3.05) is 30.3 Å². The van der Waals surface area contributed by atoms with Gasteiger partial charge in [0.05, 0.1) is 17.4 Å². The number of carbonyl (C=O) groups excluding carboxylic acids is 1. The first kappa shape index (κ1) is 30.6. The number of ether oxygens (including phenoxy) is 2. The maximum Gasteiger partial charge on any atom is 0.410 e. The van der Waals surface area contributed by atoms with Crippen molar-refractivity contribution >= 4 is 28.5 Å². The van der Waals surface area contributed by atoms with Crippen molar-refractivity contribution in [1.29, 1.82) is 0 Å². The quantitative estimate of drug-likeness (QED) is 0.188. The highest BCUT2D eigenvalue weighted by Crippen LogP contribution is 2.39. The minimum atomic E-state index is -0.540. The summed E-state index contributed by atoms with van der Waals surface area (Å²) < 4.78 is 12.2. The number of nitrogens with one attached hydrogen (secondary N) is 2. The molecule has 2 fully saturated rings. The van der Waals surface area contributed by atoms with E-state index in [1.807, 2.05) is 70.2 Å². The minimum absolute atomic E-state index is 0.00216. The topological polar surface area (TPSA) is 122 Å². The van der Waals surface area contributed by atoms with Crippen molar-refractivity contribution in [3.8, 4) is 22.9 Å². The monoisotopic (exact) mass is 610 g/mol. The number of aryl methyl sites for hydroxylation is 1. The van der Waals surface area contributed by atoms with Gasteiger partial charge in [-0.25, -0.2) is 19.7 Å². The number of aromatic nitrogens is 3. The fraction of sp³-hybridized carbons (Fsp3) is 0.429. The molecule has 4 aromatic rings. The van der Waals surface area contributed by atoms with Crippen LogP contribution in [0.1, 0.15) is 52.0 Å². The van der Waals surface area contributed by atoms with E-state index in [-0.39, 0.29) is 18.2 Å². The minimum Gasteiger partial charge on any atom is -0.444 e. The van der Waals surface area contributed by atoms with Gasteiger partial charge in [0.1, 0.15) is 11.4 Å². The first-order valence-electron chi connectivity index (χ1n) is 15.8. The maximum absolute atomic E-state index is 12.7. The van der Waals surface area contributed by atoms with Gasteiger partial charge in [-0.2, -0.15) is 0 Å². The van der Waals surface area contributed by atoms with Crippen LogP contribution in [0.15, 0.2) is 60.9 Å². The molecule has 2 aromatic carbocycles. The zero-order valence-electron chi connectivity index (χ0n) is 26.4. The number of aliphatic hydroxyl groups is 1. The Hall–Kier alpha value is -4.44. The first-order chi connectivity index (χ1) is 21.6. The Morgan fingerprint density at radius 1 is 1.04 bits per heavy atom. The van der Waals surface area contributed by atoms with Gasteiger partial charge in [-0.1, -0.05) is 24.3 Å². The highest BCUT2D eigenvalue weighted by Gasteiger charge is 2.30. The molecule has 1 saturated carbocycles. The molecular formula is C35H42N6O4. The van der Waals surface area contributed by atoms with Crippen LogP contribution in [0.2, 0.25) is 0 Å². The SMILES string of the molecule is Cc1ccc2c(NC[C@@H](O)C3CC3)cccc2c1Oc1ncccc1-c1ccnc(N[C@H]2CCCN(C(=O)OC(C)(C)C)C2)n1. The number of rotatable bonds is 9. The number of piperidine rings is 1. The van der Waals surface area contributed by atoms with Crippen LogP contribution in [0.25, 0.3) is 22.0 Å². The molecule has 1 amide bonds. The number of benzene rings is 2. The van der Waals surface area contributed by atoms with Crippen LogP contribution in [-0.2, 0) is 4.74 Å². The van der Waals surface area contributed by atoms with Crippen molar-refractivity contribution in [3.05, 3.63) is 66.5 Å². The van der Waals surface area contributed by atoms with Crippen molar-refractivity contribution < 1.29 is 19.4 Å². The second kappa shape index (κ2) is 12.9. The number of nitrogens with zero attached hydrogens (tertiary/aromatic N) is 4. The lowest BCUT2D eigenvalue weighted by Gasteiger charge is -2.34. The van der Waals surface area contributed by atoms with E-state index in [0.717, 1.165) is 59.0 Å². The molecule has 10 heteroatoms. The lowest BCUT2D eigenvalue weighted by molar-refractivity contribution is 0.0206. The average Bonchev–Trinajstić information content (AvgIpc) is 3.87. The number of anilines is 2. The van der Waals surface area contributed by atoms with Crippen LogP contribution in [0.4, 0.5) is 16.4 Å². The van der Waals surface area contributed by atoms with Crippen molar-refractivity contribution in [1.82, 2.24) is 19.9 Å². The van der Waals surface area contributed by atoms with Crippen LogP contribution >= 0.6 is 0 Å². The molecule has 0 spiro atoms. The average molecular weight is 611 g/mol. The number of aliphatic hydroxyl groups excluding tert-OH is 1. The Morgan fingerprint density at radius 3 is 2.69 bits per heavy atom. The van der Waals surface area contributed by atoms with Crippen molar-refractivity contribution in [3.63, 3.8) is 0 Å². The van der Waals surface area contributed by atoms with Gasteiger partial charge in [0, 0.05) is 54.5 Å². The number of hydrogen-bond donors (Lipinski definition) is 3. The number of fused-ring (bicyclic) bond motifs is 1. The summed E-state index contributed by atoms with van der Waals surface area (Å²) in [6.45, 7) is 9.34. The molecule has 3 heterocycles. The molecule has 2 aromatic heterocycles. The molecule has 1 aliphatic carbocycles. The van der Waals surface area contributed by atoms with Gasteiger partial charge in [0.2, 0.25) is 11.8 Å². The van der Waals surface area contributed by atoms with E-state index >= 15 is 0 Å². The van der Waals surface area contributed by atoms with Crippen LogP contribution < -0.4 is 15.4 Å². The van der Waals surface area contributed by atoms with E-state index in [1.54, 1.807) is 17.3 Å². The summed E-state index contributed by atoms with van der Waals surface area (Å²) in [5.74, 6) is 2.04. The van der Waals surface area contributed by atoms with Gasteiger partial charge >= 0.3 is 6.09 Å². The van der Waals surface area contributed by atoms with E-state index in [2.05, 4.69) is 26.7 Å². The summed E-state index contributed by atoms with van der Waals surface area (Å²) in [5, 5.41) is 19.2. The van der Waals surface area contributed by atoms with Gasteiger partial charge < -0.3 is 30.1 Å². The third-order valence-electron chi connectivity index (χ3n) is 8.18. The molecule has 0 bridgehead atoms. The molecular weight excluding hydrogens is 568 g/mol. The number of carbonyl (C=O) groups is 1. The Balaban J connectivity index is 1.21. The summed E-state index contributed by atoms with van der Waals surface area (Å²) in [5.41, 5.74) is 2.80. The fourth-order valence-corrected chi connectivity index (χ4v) is 5.70. The number of hydrogen-bond acceptors (Lipinski definition) is 9. The molecule has 236 valence electrons. The molecule has 45 heavy (non-hydrogen) atoms.